The molecule has 0 aromatic carbocycles. The molecule has 0 aliphatic carbocycles. The van der Waals surface area contributed by atoms with Gasteiger partial charge in [-0.1, -0.05) is 20.8 Å². The van der Waals surface area contributed by atoms with Gasteiger partial charge in [0.15, 0.2) is 0 Å². The maximum atomic E-state index is 11.1. The average molecular weight is 225 g/mol. The zero-order valence-electron chi connectivity index (χ0n) is 9.95. The Morgan fingerprint density at radius 1 is 1.56 bits per heavy atom. The maximum Gasteiger partial charge on any atom is 0.266 e. The average Bonchev–Trinajstić information content (AvgIpc) is 2.16. The van der Waals surface area contributed by atoms with Crippen molar-refractivity contribution in [1.29, 1.82) is 0 Å². The molecule has 1 aromatic rings. The number of H-pyrrole nitrogens is 1. The van der Waals surface area contributed by atoms with Crippen LogP contribution in [0, 0.1) is 5.41 Å². The molecule has 90 valence electrons. The third-order valence-electron chi connectivity index (χ3n) is 2.47. The van der Waals surface area contributed by atoms with Gasteiger partial charge in [-0.05, 0) is 11.8 Å². The van der Waals surface area contributed by atoms with Gasteiger partial charge in [-0.3, -0.25) is 4.79 Å². The summed E-state index contributed by atoms with van der Waals surface area (Å²) >= 11 is 0. The number of rotatable bonds is 4. The SMILES string of the molecule is CC(C)(C)C(CCO)Nc1cn[nH]c(=O)c1. The zero-order valence-corrected chi connectivity index (χ0v) is 9.95. The lowest BCUT2D eigenvalue weighted by Gasteiger charge is -2.31. The second-order valence-corrected chi connectivity index (χ2v) is 4.91. The minimum atomic E-state index is -0.235. The fourth-order valence-electron chi connectivity index (χ4n) is 1.51. The molecule has 0 spiro atoms. The van der Waals surface area contributed by atoms with E-state index < -0.39 is 0 Å². The smallest absolute Gasteiger partial charge is 0.266 e. The third-order valence-corrected chi connectivity index (χ3v) is 2.47. The van der Waals surface area contributed by atoms with Gasteiger partial charge >= 0.3 is 0 Å². The summed E-state index contributed by atoms with van der Waals surface area (Å²) in [5, 5.41) is 18.3. The Morgan fingerprint density at radius 3 is 2.75 bits per heavy atom. The highest BCUT2D eigenvalue weighted by molar-refractivity contribution is 5.40. The molecule has 5 nitrogen and oxygen atoms in total. The number of nitrogens with one attached hydrogen (secondary N) is 2. The zero-order chi connectivity index (χ0) is 12.2. The van der Waals surface area contributed by atoms with Crippen molar-refractivity contribution in [3.63, 3.8) is 0 Å². The van der Waals surface area contributed by atoms with Gasteiger partial charge in [0, 0.05) is 18.7 Å². The molecule has 1 rings (SSSR count). The van der Waals surface area contributed by atoms with Gasteiger partial charge in [0.25, 0.3) is 5.56 Å². The first-order valence-electron chi connectivity index (χ1n) is 5.35. The van der Waals surface area contributed by atoms with Gasteiger partial charge in [-0.25, -0.2) is 5.10 Å². The molecule has 1 heterocycles. The second kappa shape index (κ2) is 5.12. The lowest BCUT2D eigenvalue weighted by atomic mass is 9.85. The fourth-order valence-corrected chi connectivity index (χ4v) is 1.51. The summed E-state index contributed by atoms with van der Waals surface area (Å²) in [6, 6.07) is 1.56. The van der Waals surface area contributed by atoms with Crippen molar-refractivity contribution >= 4 is 5.69 Å². The minimum absolute atomic E-state index is 0.00529. The van der Waals surface area contributed by atoms with Gasteiger partial charge in [0.1, 0.15) is 0 Å². The van der Waals surface area contributed by atoms with Crippen LogP contribution in [0.4, 0.5) is 5.69 Å². The molecule has 0 amide bonds. The molecule has 0 aliphatic rings. The molecule has 1 atom stereocenters. The molecule has 0 saturated carbocycles. The van der Waals surface area contributed by atoms with Crippen molar-refractivity contribution < 1.29 is 5.11 Å². The molecule has 1 unspecified atom stereocenters. The molecule has 0 saturated heterocycles. The van der Waals surface area contributed by atoms with E-state index in [0.29, 0.717) is 12.1 Å². The van der Waals surface area contributed by atoms with E-state index in [-0.39, 0.29) is 23.6 Å². The Balaban J connectivity index is 2.80. The van der Waals surface area contributed by atoms with E-state index in [4.69, 9.17) is 5.11 Å². The highest BCUT2D eigenvalue weighted by Gasteiger charge is 2.23. The van der Waals surface area contributed by atoms with Crippen LogP contribution in [0.1, 0.15) is 27.2 Å². The predicted molar refractivity (Wildman–Crippen MR) is 63.4 cm³/mol. The van der Waals surface area contributed by atoms with Gasteiger partial charge < -0.3 is 10.4 Å². The topological polar surface area (TPSA) is 78.0 Å². The summed E-state index contributed by atoms with van der Waals surface area (Å²) in [5.74, 6) is 0. The molecular formula is C11H19N3O2. The summed E-state index contributed by atoms with van der Waals surface area (Å²) in [5.41, 5.74) is 0.449. The van der Waals surface area contributed by atoms with Crippen molar-refractivity contribution in [2.45, 2.75) is 33.2 Å². The Kier molecular flexibility index (Phi) is 4.06. The predicted octanol–water partition coefficient (Wildman–Crippen LogP) is 0.979. The van der Waals surface area contributed by atoms with E-state index in [2.05, 4.69) is 36.3 Å². The highest BCUT2D eigenvalue weighted by atomic mass is 16.3. The Labute approximate surface area is 94.9 Å². The van der Waals surface area contributed by atoms with Crippen LogP contribution in [0.5, 0.6) is 0 Å². The maximum absolute atomic E-state index is 11.1. The first-order valence-corrected chi connectivity index (χ1v) is 5.35. The number of hydrogen-bond donors (Lipinski definition) is 3. The van der Waals surface area contributed by atoms with E-state index in [0.717, 1.165) is 0 Å². The van der Waals surface area contributed by atoms with Crippen LogP contribution in [0.3, 0.4) is 0 Å². The van der Waals surface area contributed by atoms with E-state index >= 15 is 0 Å². The molecule has 0 aliphatic heterocycles. The standard InChI is InChI=1S/C11H19N3O2/c1-11(2,3)9(4-5-15)13-8-6-10(16)14-12-7-8/h6-7,9,15H,4-5H2,1-3H3,(H2,13,14,16). The van der Waals surface area contributed by atoms with Crippen LogP contribution < -0.4 is 10.9 Å². The van der Waals surface area contributed by atoms with Crippen molar-refractivity contribution in [2.24, 2.45) is 5.41 Å². The number of anilines is 1. The lowest BCUT2D eigenvalue weighted by molar-refractivity contribution is 0.235. The number of nitrogens with zero attached hydrogens (tertiary/aromatic N) is 1. The Morgan fingerprint density at radius 2 is 2.25 bits per heavy atom. The normalized spacial score (nSPS) is 13.5. The van der Waals surface area contributed by atoms with Crippen molar-refractivity contribution in [3.05, 3.63) is 22.6 Å². The summed E-state index contributed by atoms with van der Waals surface area (Å²) in [6.45, 7) is 6.37. The van der Waals surface area contributed by atoms with Crippen LogP contribution in [-0.4, -0.2) is 28.0 Å². The molecular weight excluding hydrogens is 206 g/mol. The number of aliphatic hydroxyl groups excluding tert-OH is 1. The van der Waals surface area contributed by atoms with Crippen LogP contribution in [0.15, 0.2) is 17.1 Å². The number of aromatic nitrogens is 2. The highest BCUT2D eigenvalue weighted by Crippen LogP contribution is 2.24. The lowest BCUT2D eigenvalue weighted by Crippen LogP contribution is -2.35. The molecule has 5 heteroatoms. The quantitative estimate of drug-likeness (QED) is 0.713. The third kappa shape index (κ3) is 3.66. The van der Waals surface area contributed by atoms with Gasteiger partial charge in [-0.15, -0.1) is 0 Å². The van der Waals surface area contributed by atoms with E-state index in [1.165, 1.54) is 6.07 Å². The molecule has 0 fully saturated rings. The first kappa shape index (κ1) is 12.7. The fraction of sp³-hybridized carbons (Fsp3) is 0.636. The summed E-state index contributed by atoms with van der Waals surface area (Å²) in [4.78, 5) is 11.1. The molecule has 3 N–H and O–H groups in total. The Hall–Kier alpha value is -1.36. The second-order valence-electron chi connectivity index (χ2n) is 4.91. The summed E-state index contributed by atoms with van der Waals surface area (Å²) in [7, 11) is 0. The first-order chi connectivity index (χ1) is 7.43. The van der Waals surface area contributed by atoms with Crippen LogP contribution in [-0.2, 0) is 0 Å². The van der Waals surface area contributed by atoms with Crippen LogP contribution in [0.25, 0.3) is 0 Å². The summed E-state index contributed by atoms with van der Waals surface area (Å²) in [6.07, 6.45) is 2.20. The van der Waals surface area contributed by atoms with Crippen molar-refractivity contribution in [2.75, 3.05) is 11.9 Å². The largest absolute Gasteiger partial charge is 0.396 e. The molecule has 1 aromatic heterocycles. The van der Waals surface area contributed by atoms with Crippen molar-refractivity contribution in [3.8, 4) is 0 Å². The van der Waals surface area contributed by atoms with Crippen molar-refractivity contribution in [1.82, 2.24) is 10.2 Å². The van der Waals surface area contributed by atoms with Crippen LogP contribution >= 0.6 is 0 Å². The van der Waals surface area contributed by atoms with Gasteiger partial charge in [0.05, 0.1) is 11.9 Å². The van der Waals surface area contributed by atoms with E-state index in [1.807, 2.05) is 0 Å². The monoisotopic (exact) mass is 225 g/mol. The van der Waals surface area contributed by atoms with Gasteiger partial charge in [-0.2, -0.15) is 5.10 Å². The van der Waals surface area contributed by atoms with Crippen LogP contribution in [0.2, 0.25) is 0 Å². The molecule has 0 bridgehead atoms. The summed E-state index contributed by atoms with van der Waals surface area (Å²) < 4.78 is 0. The number of hydrogen-bond acceptors (Lipinski definition) is 4. The minimum Gasteiger partial charge on any atom is -0.396 e. The van der Waals surface area contributed by atoms with Gasteiger partial charge in [0.2, 0.25) is 0 Å². The molecule has 16 heavy (non-hydrogen) atoms. The Bertz CT molecular complexity index is 381. The van der Waals surface area contributed by atoms with E-state index in [9.17, 15) is 4.79 Å². The van der Waals surface area contributed by atoms with E-state index in [1.54, 1.807) is 6.20 Å². The molecule has 0 radical (unpaired) electrons. The number of aromatic amines is 1. The number of aliphatic hydroxyl groups is 1.